The zero-order valence-electron chi connectivity index (χ0n) is 12.3. The lowest BCUT2D eigenvalue weighted by atomic mass is 9.81. The Morgan fingerprint density at radius 3 is 2.68 bits per heavy atom. The second kappa shape index (κ2) is 7.48. The Kier molecular flexibility index (Phi) is 6.28. The average Bonchev–Trinajstić information content (AvgIpc) is 2.45. The summed E-state index contributed by atoms with van der Waals surface area (Å²) in [4.78, 5) is 25.7. The molecule has 19 heavy (non-hydrogen) atoms. The SMILES string of the molecule is CCN(C)C(=O)C(C)NC(=O)C1CCCC(CN)C1. The van der Waals surface area contributed by atoms with Gasteiger partial charge in [0.25, 0.3) is 0 Å². The highest BCUT2D eigenvalue weighted by atomic mass is 16.2. The van der Waals surface area contributed by atoms with Gasteiger partial charge in [0.05, 0.1) is 0 Å². The summed E-state index contributed by atoms with van der Waals surface area (Å²) in [6.45, 7) is 4.96. The van der Waals surface area contributed by atoms with E-state index in [0.717, 1.165) is 25.7 Å². The Bertz CT molecular complexity index is 320. The van der Waals surface area contributed by atoms with Crippen molar-refractivity contribution in [2.45, 2.75) is 45.6 Å². The van der Waals surface area contributed by atoms with Crippen LogP contribution in [0, 0.1) is 11.8 Å². The fraction of sp³-hybridized carbons (Fsp3) is 0.857. The fourth-order valence-electron chi connectivity index (χ4n) is 2.62. The maximum atomic E-state index is 12.2. The predicted molar refractivity (Wildman–Crippen MR) is 75.4 cm³/mol. The van der Waals surface area contributed by atoms with Crippen LogP contribution in [0.5, 0.6) is 0 Å². The van der Waals surface area contributed by atoms with Gasteiger partial charge in [0.2, 0.25) is 11.8 Å². The van der Waals surface area contributed by atoms with Crippen molar-refractivity contribution in [3.05, 3.63) is 0 Å². The quantitative estimate of drug-likeness (QED) is 0.773. The molecule has 0 aromatic carbocycles. The molecule has 3 N–H and O–H groups in total. The van der Waals surface area contributed by atoms with Gasteiger partial charge in [-0.25, -0.2) is 0 Å². The molecular weight excluding hydrogens is 242 g/mol. The highest BCUT2D eigenvalue weighted by molar-refractivity contribution is 5.88. The topological polar surface area (TPSA) is 75.4 Å². The Morgan fingerprint density at radius 1 is 1.42 bits per heavy atom. The summed E-state index contributed by atoms with van der Waals surface area (Å²) >= 11 is 0. The first-order chi connectivity index (χ1) is 8.99. The maximum absolute atomic E-state index is 12.2. The van der Waals surface area contributed by atoms with E-state index in [9.17, 15) is 9.59 Å². The zero-order chi connectivity index (χ0) is 14.4. The predicted octanol–water partition coefficient (Wildman–Crippen LogP) is 0.735. The van der Waals surface area contributed by atoms with Crippen LogP contribution in [-0.2, 0) is 9.59 Å². The molecule has 0 heterocycles. The Hall–Kier alpha value is -1.10. The lowest BCUT2D eigenvalue weighted by Crippen LogP contribution is -2.48. The first-order valence-electron chi connectivity index (χ1n) is 7.25. The van der Waals surface area contributed by atoms with E-state index in [0.29, 0.717) is 19.0 Å². The molecule has 2 amide bonds. The number of carbonyl (C=O) groups is 2. The molecular formula is C14H27N3O2. The number of carbonyl (C=O) groups excluding carboxylic acids is 2. The average molecular weight is 269 g/mol. The number of hydrogen-bond acceptors (Lipinski definition) is 3. The minimum Gasteiger partial charge on any atom is -0.344 e. The first kappa shape index (κ1) is 16.0. The molecule has 5 nitrogen and oxygen atoms in total. The number of nitrogens with zero attached hydrogens (tertiary/aromatic N) is 1. The molecule has 0 spiro atoms. The van der Waals surface area contributed by atoms with Gasteiger partial charge in [0.1, 0.15) is 6.04 Å². The van der Waals surface area contributed by atoms with E-state index < -0.39 is 6.04 Å². The van der Waals surface area contributed by atoms with Gasteiger partial charge in [-0.15, -0.1) is 0 Å². The fourth-order valence-corrected chi connectivity index (χ4v) is 2.62. The van der Waals surface area contributed by atoms with Crippen LogP contribution in [0.2, 0.25) is 0 Å². The van der Waals surface area contributed by atoms with Crippen molar-refractivity contribution in [3.63, 3.8) is 0 Å². The third-order valence-corrected chi connectivity index (χ3v) is 4.07. The summed E-state index contributed by atoms with van der Waals surface area (Å²) in [5.41, 5.74) is 5.68. The van der Waals surface area contributed by atoms with Crippen molar-refractivity contribution in [2.75, 3.05) is 20.1 Å². The molecule has 3 atom stereocenters. The normalized spacial score (nSPS) is 24.6. The van der Waals surface area contributed by atoms with Crippen LogP contribution in [0.25, 0.3) is 0 Å². The van der Waals surface area contributed by atoms with Gasteiger partial charge in [-0.2, -0.15) is 0 Å². The molecule has 3 unspecified atom stereocenters. The Balaban J connectivity index is 2.47. The minimum atomic E-state index is -0.448. The number of likely N-dealkylation sites (N-methyl/N-ethyl adjacent to an activating group) is 1. The third kappa shape index (κ3) is 4.49. The van der Waals surface area contributed by atoms with Gasteiger partial charge in [0, 0.05) is 19.5 Å². The molecule has 110 valence electrons. The largest absolute Gasteiger partial charge is 0.344 e. The summed E-state index contributed by atoms with van der Waals surface area (Å²) in [6.07, 6.45) is 3.93. The zero-order valence-corrected chi connectivity index (χ0v) is 12.3. The molecule has 1 fully saturated rings. The molecule has 1 saturated carbocycles. The van der Waals surface area contributed by atoms with Crippen LogP contribution in [0.15, 0.2) is 0 Å². The van der Waals surface area contributed by atoms with Crippen LogP contribution in [0.4, 0.5) is 0 Å². The molecule has 0 saturated heterocycles. The number of nitrogens with one attached hydrogen (secondary N) is 1. The maximum Gasteiger partial charge on any atom is 0.244 e. The van der Waals surface area contributed by atoms with Gasteiger partial charge in [-0.05, 0) is 45.6 Å². The summed E-state index contributed by atoms with van der Waals surface area (Å²) in [7, 11) is 1.75. The van der Waals surface area contributed by atoms with E-state index in [1.807, 2.05) is 6.92 Å². The lowest BCUT2D eigenvalue weighted by Gasteiger charge is -2.29. The monoisotopic (exact) mass is 269 g/mol. The highest BCUT2D eigenvalue weighted by Crippen LogP contribution is 2.28. The van der Waals surface area contributed by atoms with Crippen LogP contribution >= 0.6 is 0 Å². The number of nitrogens with two attached hydrogens (primary N) is 1. The van der Waals surface area contributed by atoms with Crippen molar-refractivity contribution >= 4 is 11.8 Å². The smallest absolute Gasteiger partial charge is 0.244 e. The third-order valence-electron chi connectivity index (χ3n) is 4.07. The van der Waals surface area contributed by atoms with Gasteiger partial charge in [-0.1, -0.05) is 6.42 Å². The summed E-state index contributed by atoms with van der Waals surface area (Å²) < 4.78 is 0. The van der Waals surface area contributed by atoms with E-state index in [4.69, 9.17) is 5.73 Å². The molecule has 0 aromatic rings. The lowest BCUT2D eigenvalue weighted by molar-refractivity contribution is -0.136. The summed E-state index contributed by atoms with van der Waals surface area (Å²) in [5, 5.41) is 2.84. The molecule has 1 aliphatic rings. The first-order valence-corrected chi connectivity index (χ1v) is 7.25. The molecule has 0 aliphatic heterocycles. The number of amides is 2. The van der Waals surface area contributed by atoms with Gasteiger partial charge >= 0.3 is 0 Å². The van der Waals surface area contributed by atoms with Crippen molar-refractivity contribution < 1.29 is 9.59 Å². The van der Waals surface area contributed by atoms with E-state index >= 15 is 0 Å². The Labute approximate surface area is 115 Å². The second-order valence-electron chi connectivity index (χ2n) is 5.55. The Morgan fingerprint density at radius 2 is 2.11 bits per heavy atom. The van der Waals surface area contributed by atoms with E-state index in [1.54, 1.807) is 18.9 Å². The van der Waals surface area contributed by atoms with Crippen molar-refractivity contribution in [2.24, 2.45) is 17.6 Å². The van der Waals surface area contributed by atoms with E-state index in [1.165, 1.54) is 0 Å². The molecule has 1 aliphatic carbocycles. The van der Waals surface area contributed by atoms with Crippen LogP contribution in [0.3, 0.4) is 0 Å². The molecule has 0 aromatic heterocycles. The van der Waals surface area contributed by atoms with Crippen LogP contribution in [0.1, 0.15) is 39.5 Å². The van der Waals surface area contributed by atoms with Crippen LogP contribution in [-0.4, -0.2) is 42.9 Å². The van der Waals surface area contributed by atoms with Gasteiger partial charge in [0.15, 0.2) is 0 Å². The number of rotatable bonds is 5. The standard InChI is InChI=1S/C14H27N3O2/c1-4-17(3)14(19)10(2)16-13(18)12-7-5-6-11(8-12)9-15/h10-12H,4-9,15H2,1-3H3,(H,16,18). The van der Waals surface area contributed by atoms with E-state index in [2.05, 4.69) is 5.32 Å². The molecule has 1 rings (SSSR count). The summed E-state index contributed by atoms with van der Waals surface area (Å²) in [5.74, 6) is 0.434. The second-order valence-corrected chi connectivity index (χ2v) is 5.55. The van der Waals surface area contributed by atoms with Gasteiger partial charge < -0.3 is 16.0 Å². The van der Waals surface area contributed by atoms with Gasteiger partial charge in [-0.3, -0.25) is 9.59 Å². The van der Waals surface area contributed by atoms with Crippen molar-refractivity contribution in [1.82, 2.24) is 10.2 Å². The molecule has 0 bridgehead atoms. The van der Waals surface area contributed by atoms with Crippen LogP contribution < -0.4 is 11.1 Å². The molecule has 5 heteroatoms. The summed E-state index contributed by atoms with van der Waals surface area (Å²) in [6, 6.07) is -0.448. The highest BCUT2D eigenvalue weighted by Gasteiger charge is 2.28. The number of hydrogen-bond donors (Lipinski definition) is 2. The van der Waals surface area contributed by atoms with Crippen molar-refractivity contribution in [3.8, 4) is 0 Å². The minimum absolute atomic E-state index is 0.00324. The molecule has 0 radical (unpaired) electrons. The van der Waals surface area contributed by atoms with Crippen molar-refractivity contribution in [1.29, 1.82) is 0 Å². The van der Waals surface area contributed by atoms with E-state index in [-0.39, 0.29) is 17.7 Å².